The van der Waals surface area contributed by atoms with Gasteiger partial charge in [-0.15, -0.1) is 0 Å². The van der Waals surface area contributed by atoms with E-state index >= 15 is 0 Å². The van der Waals surface area contributed by atoms with Crippen LogP contribution in [0.25, 0.3) is 11.0 Å². The molecule has 1 aromatic carbocycles. The van der Waals surface area contributed by atoms with Crippen molar-refractivity contribution in [1.82, 2.24) is 4.90 Å². The normalized spacial score (nSPS) is 18.3. The fourth-order valence-corrected chi connectivity index (χ4v) is 3.92. The number of fused-ring (bicyclic) bond motifs is 1. The first-order valence-electron chi connectivity index (χ1n) is 9.65. The molecule has 6 heteroatoms. The van der Waals surface area contributed by atoms with Gasteiger partial charge in [-0.2, -0.15) is 0 Å². The minimum atomic E-state index is -0.396. The molecule has 2 aromatic rings. The molecule has 1 aliphatic carbocycles. The molecule has 0 unspecified atom stereocenters. The molecule has 6 nitrogen and oxygen atoms in total. The number of rotatable bonds is 3. The second-order valence-electron chi connectivity index (χ2n) is 7.68. The summed E-state index contributed by atoms with van der Waals surface area (Å²) >= 11 is 0. The van der Waals surface area contributed by atoms with E-state index in [1.807, 2.05) is 24.0 Å². The largest absolute Gasteiger partial charge is 0.423 e. The Morgan fingerprint density at radius 2 is 1.81 bits per heavy atom. The van der Waals surface area contributed by atoms with Crippen molar-refractivity contribution in [2.24, 2.45) is 11.8 Å². The molecule has 0 atom stereocenters. The quantitative estimate of drug-likeness (QED) is 0.845. The molecule has 4 rings (SSSR count). The van der Waals surface area contributed by atoms with Gasteiger partial charge in [-0.05, 0) is 50.3 Å². The lowest BCUT2D eigenvalue weighted by atomic mass is 9.83. The molecule has 142 valence electrons. The lowest BCUT2D eigenvalue weighted by Gasteiger charge is -2.36. The lowest BCUT2D eigenvalue weighted by molar-refractivity contribution is -0.140. The van der Waals surface area contributed by atoms with E-state index in [0.29, 0.717) is 37.2 Å². The van der Waals surface area contributed by atoms with E-state index in [9.17, 15) is 14.4 Å². The average Bonchev–Trinajstić information content (AvgIpc) is 2.60. The Hall–Kier alpha value is -2.63. The van der Waals surface area contributed by atoms with Crippen molar-refractivity contribution >= 4 is 28.5 Å². The minimum absolute atomic E-state index is 0.0416. The molecular weight excluding hydrogens is 344 g/mol. The molecule has 2 amide bonds. The van der Waals surface area contributed by atoms with Crippen LogP contribution in [0.15, 0.2) is 33.5 Å². The minimum Gasteiger partial charge on any atom is -0.423 e. The van der Waals surface area contributed by atoms with E-state index < -0.39 is 5.63 Å². The van der Waals surface area contributed by atoms with E-state index in [0.717, 1.165) is 30.2 Å². The van der Waals surface area contributed by atoms with Crippen LogP contribution in [0.1, 0.15) is 37.7 Å². The number of benzene rings is 1. The smallest absolute Gasteiger partial charge is 0.336 e. The lowest BCUT2D eigenvalue weighted by Crippen LogP contribution is -2.45. The summed E-state index contributed by atoms with van der Waals surface area (Å²) in [6, 6.07) is 6.82. The summed E-state index contributed by atoms with van der Waals surface area (Å²) in [4.78, 5) is 38.4. The third-order valence-corrected chi connectivity index (χ3v) is 5.85. The molecule has 0 radical (unpaired) electrons. The Morgan fingerprint density at radius 1 is 1.07 bits per heavy atom. The summed E-state index contributed by atoms with van der Waals surface area (Å²) in [7, 11) is 0. The van der Waals surface area contributed by atoms with Crippen molar-refractivity contribution in [2.45, 2.75) is 39.0 Å². The molecule has 1 saturated heterocycles. The highest BCUT2D eigenvalue weighted by atomic mass is 16.4. The van der Waals surface area contributed by atoms with Gasteiger partial charge in [0.2, 0.25) is 11.8 Å². The van der Waals surface area contributed by atoms with Crippen LogP contribution < -0.4 is 10.9 Å². The van der Waals surface area contributed by atoms with E-state index in [1.165, 1.54) is 6.07 Å². The second-order valence-corrected chi connectivity index (χ2v) is 7.68. The molecule has 1 N–H and O–H groups in total. The number of aryl methyl sites for hydroxylation is 1. The Labute approximate surface area is 157 Å². The van der Waals surface area contributed by atoms with Crippen LogP contribution in [0.5, 0.6) is 0 Å². The van der Waals surface area contributed by atoms with Crippen LogP contribution in [0, 0.1) is 18.8 Å². The highest BCUT2D eigenvalue weighted by Gasteiger charge is 2.33. The Kier molecular flexibility index (Phi) is 4.72. The van der Waals surface area contributed by atoms with Crippen molar-refractivity contribution in [3.63, 3.8) is 0 Å². The number of piperidine rings is 1. The van der Waals surface area contributed by atoms with Crippen LogP contribution in [0.3, 0.4) is 0 Å². The van der Waals surface area contributed by atoms with Gasteiger partial charge in [0.25, 0.3) is 0 Å². The summed E-state index contributed by atoms with van der Waals surface area (Å²) in [5.41, 5.74) is 1.54. The van der Waals surface area contributed by atoms with Crippen molar-refractivity contribution < 1.29 is 14.0 Å². The van der Waals surface area contributed by atoms with Crippen LogP contribution in [-0.4, -0.2) is 29.8 Å². The number of nitrogens with one attached hydrogen (secondary N) is 1. The number of hydrogen-bond donors (Lipinski definition) is 1. The first kappa shape index (κ1) is 17.8. The van der Waals surface area contributed by atoms with E-state index in [-0.39, 0.29) is 23.7 Å². The van der Waals surface area contributed by atoms with Gasteiger partial charge in [0, 0.05) is 48.1 Å². The fraction of sp³-hybridized carbons (Fsp3) is 0.476. The van der Waals surface area contributed by atoms with Gasteiger partial charge in [-0.25, -0.2) is 4.79 Å². The van der Waals surface area contributed by atoms with Crippen LogP contribution in [0.2, 0.25) is 0 Å². The van der Waals surface area contributed by atoms with E-state index in [1.54, 1.807) is 6.07 Å². The summed E-state index contributed by atoms with van der Waals surface area (Å²) < 4.78 is 5.24. The molecular formula is C21H24N2O4. The van der Waals surface area contributed by atoms with Crippen LogP contribution in [-0.2, 0) is 9.59 Å². The van der Waals surface area contributed by atoms with Gasteiger partial charge >= 0.3 is 5.63 Å². The standard InChI is InChI=1S/C21H24N2O4/c1-13-11-19(24)27-18-12-16(5-6-17(13)18)22-20(25)14-7-9-23(10-8-14)21(26)15-3-2-4-15/h5-6,11-12,14-15H,2-4,7-10H2,1H3,(H,22,25). The maximum absolute atomic E-state index is 12.6. The maximum atomic E-state index is 12.6. The number of likely N-dealkylation sites (tertiary alicyclic amines) is 1. The van der Waals surface area contributed by atoms with Gasteiger partial charge in [-0.1, -0.05) is 6.42 Å². The molecule has 27 heavy (non-hydrogen) atoms. The van der Waals surface area contributed by atoms with Gasteiger partial charge < -0.3 is 14.6 Å². The third kappa shape index (κ3) is 3.61. The topological polar surface area (TPSA) is 79.6 Å². The van der Waals surface area contributed by atoms with Crippen molar-refractivity contribution in [3.8, 4) is 0 Å². The average molecular weight is 368 g/mol. The number of amides is 2. The molecule has 2 aliphatic rings. The Morgan fingerprint density at radius 3 is 2.48 bits per heavy atom. The zero-order valence-electron chi connectivity index (χ0n) is 15.5. The molecule has 1 saturated carbocycles. The van der Waals surface area contributed by atoms with Crippen molar-refractivity contribution in [3.05, 3.63) is 40.2 Å². The summed E-state index contributed by atoms with van der Waals surface area (Å²) in [5, 5.41) is 3.78. The number of anilines is 1. The molecule has 0 spiro atoms. The maximum Gasteiger partial charge on any atom is 0.336 e. The molecule has 2 heterocycles. The van der Waals surface area contributed by atoms with E-state index in [2.05, 4.69) is 5.32 Å². The first-order chi connectivity index (χ1) is 13.0. The van der Waals surface area contributed by atoms with Gasteiger partial charge in [0.15, 0.2) is 0 Å². The summed E-state index contributed by atoms with van der Waals surface area (Å²) in [5.74, 6) is 0.335. The predicted octanol–water partition coefficient (Wildman–Crippen LogP) is 3.08. The zero-order chi connectivity index (χ0) is 19.0. The molecule has 1 aliphatic heterocycles. The van der Waals surface area contributed by atoms with Crippen molar-refractivity contribution in [2.75, 3.05) is 18.4 Å². The van der Waals surface area contributed by atoms with Gasteiger partial charge in [0.05, 0.1) is 0 Å². The van der Waals surface area contributed by atoms with Crippen molar-refractivity contribution in [1.29, 1.82) is 0 Å². The van der Waals surface area contributed by atoms with Gasteiger partial charge in [-0.3, -0.25) is 9.59 Å². The highest BCUT2D eigenvalue weighted by molar-refractivity contribution is 5.95. The van der Waals surface area contributed by atoms with Gasteiger partial charge in [0.1, 0.15) is 5.58 Å². The van der Waals surface area contributed by atoms with Crippen LogP contribution >= 0.6 is 0 Å². The number of hydrogen-bond acceptors (Lipinski definition) is 4. The number of nitrogens with zero attached hydrogens (tertiary/aromatic N) is 1. The zero-order valence-corrected chi connectivity index (χ0v) is 15.5. The fourth-order valence-electron chi connectivity index (χ4n) is 3.92. The Bertz CT molecular complexity index is 937. The monoisotopic (exact) mass is 368 g/mol. The molecule has 1 aromatic heterocycles. The molecule has 0 bridgehead atoms. The predicted molar refractivity (Wildman–Crippen MR) is 102 cm³/mol. The summed E-state index contributed by atoms with van der Waals surface area (Å²) in [6.07, 6.45) is 4.55. The second kappa shape index (κ2) is 7.18. The molecule has 2 fully saturated rings. The number of carbonyl (C=O) groups is 2. The Balaban J connectivity index is 1.39. The highest BCUT2D eigenvalue weighted by Crippen LogP contribution is 2.30. The van der Waals surface area contributed by atoms with E-state index in [4.69, 9.17) is 4.42 Å². The third-order valence-electron chi connectivity index (χ3n) is 5.85. The SMILES string of the molecule is Cc1cc(=O)oc2cc(NC(=O)C3CCN(C(=O)C4CCC4)CC3)ccc12. The summed E-state index contributed by atoms with van der Waals surface area (Å²) in [6.45, 7) is 3.16. The first-order valence-corrected chi connectivity index (χ1v) is 9.65. The van der Waals surface area contributed by atoms with Crippen LogP contribution in [0.4, 0.5) is 5.69 Å². The number of carbonyl (C=O) groups excluding carboxylic acids is 2.